The lowest BCUT2D eigenvalue weighted by Crippen LogP contribution is -2.29. The zero-order valence-electron chi connectivity index (χ0n) is 15.9. The fourth-order valence-corrected chi connectivity index (χ4v) is 1.87. The Labute approximate surface area is 153 Å². The van der Waals surface area contributed by atoms with Crippen LogP contribution in [0.4, 0.5) is 5.69 Å². The number of carboxylic acids is 1. The van der Waals surface area contributed by atoms with E-state index < -0.39 is 30.1 Å². The summed E-state index contributed by atoms with van der Waals surface area (Å²) in [7, 11) is 0. The molecule has 0 bridgehead atoms. The van der Waals surface area contributed by atoms with Crippen molar-refractivity contribution in [2.45, 2.75) is 46.8 Å². The number of anilines is 1. The van der Waals surface area contributed by atoms with E-state index in [1.165, 1.54) is 6.92 Å². The molecule has 0 amide bonds. The normalized spacial score (nSPS) is 12.1. The molecule has 0 saturated carbocycles. The molecule has 0 radical (unpaired) electrons. The van der Waals surface area contributed by atoms with Gasteiger partial charge in [-0.2, -0.15) is 0 Å². The van der Waals surface area contributed by atoms with Crippen LogP contribution < -0.4 is 11.1 Å². The number of hydrogen-bond donors (Lipinski definition) is 3. The van der Waals surface area contributed by atoms with Crippen molar-refractivity contribution in [3.05, 3.63) is 29.3 Å². The molecule has 0 fully saturated rings. The monoisotopic (exact) mass is 368 g/mol. The summed E-state index contributed by atoms with van der Waals surface area (Å²) < 4.78 is 9.17. The first-order chi connectivity index (χ1) is 12.1. The standard InChI is InChI=1S/C11H15NO2.C7H13NO4/c1-7-5-4-6-8(2)10(7)12-9(3)11(13)14;1-3-11-7(10)5(2)12-6(9)4-8/h4-6,9,12H,1-3H3,(H,13,14);5H,3-4,8H2,1-2H3/t9-;/m0./s1. The number of nitrogens with one attached hydrogen (secondary N) is 1. The predicted octanol–water partition coefficient (Wildman–Crippen LogP) is 1.63. The van der Waals surface area contributed by atoms with Crippen molar-refractivity contribution in [2.75, 3.05) is 18.5 Å². The van der Waals surface area contributed by atoms with Crippen molar-refractivity contribution < 1.29 is 29.0 Å². The van der Waals surface area contributed by atoms with Gasteiger partial charge in [0.05, 0.1) is 13.2 Å². The molecule has 0 aromatic heterocycles. The van der Waals surface area contributed by atoms with Gasteiger partial charge in [-0.3, -0.25) is 9.59 Å². The van der Waals surface area contributed by atoms with Crippen molar-refractivity contribution in [1.82, 2.24) is 0 Å². The van der Waals surface area contributed by atoms with E-state index in [2.05, 4.69) is 14.8 Å². The minimum Gasteiger partial charge on any atom is -0.480 e. The molecule has 4 N–H and O–H groups in total. The molecule has 0 aliphatic carbocycles. The summed E-state index contributed by atoms with van der Waals surface area (Å²) in [4.78, 5) is 32.1. The van der Waals surface area contributed by atoms with Gasteiger partial charge in [-0.25, -0.2) is 4.79 Å². The van der Waals surface area contributed by atoms with E-state index in [1.807, 2.05) is 32.0 Å². The van der Waals surface area contributed by atoms with Gasteiger partial charge >= 0.3 is 17.9 Å². The molecule has 0 heterocycles. The van der Waals surface area contributed by atoms with Gasteiger partial charge in [0.1, 0.15) is 6.04 Å². The fraction of sp³-hybridized carbons (Fsp3) is 0.500. The van der Waals surface area contributed by atoms with Crippen LogP contribution in [0.25, 0.3) is 0 Å². The van der Waals surface area contributed by atoms with Crippen LogP contribution in [0.3, 0.4) is 0 Å². The van der Waals surface area contributed by atoms with Gasteiger partial charge < -0.3 is 25.6 Å². The first kappa shape index (κ1) is 23.4. The van der Waals surface area contributed by atoms with Gasteiger partial charge in [-0.05, 0) is 45.7 Å². The molecule has 1 aromatic rings. The maximum atomic E-state index is 10.9. The summed E-state index contributed by atoms with van der Waals surface area (Å²) in [6.07, 6.45) is -0.874. The number of nitrogens with two attached hydrogens (primary N) is 1. The molecule has 1 aromatic carbocycles. The number of carboxylic acid groups (broad SMARTS) is 1. The Morgan fingerprint density at radius 1 is 1.19 bits per heavy atom. The second-order valence-electron chi connectivity index (χ2n) is 5.56. The number of hydrogen-bond acceptors (Lipinski definition) is 7. The molecule has 2 atom stereocenters. The summed E-state index contributed by atoms with van der Waals surface area (Å²) in [5.41, 5.74) is 8.02. The van der Waals surface area contributed by atoms with Gasteiger partial charge in [0.15, 0.2) is 6.10 Å². The third-order valence-electron chi connectivity index (χ3n) is 3.31. The zero-order chi connectivity index (χ0) is 20.3. The van der Waals surface area contributed by atoms with Crippen molar-refractivity contribution in [3.63, 3.8) is 0 Å². The van der Waals surface area contributed by atoms with Gasteiger partial charge in [0.25, 0.3) is 0 Å². The van der Waals surface area contributed by atoms with Crippen LogP contribution in [0.1, 0.15) is 31.9 Å². The lowest BCUT2D eigenvalue weighted by Gasteiger charge is -2.15. The van der Waals surface area contributed by atoms with Gasteiger partial charge in [-0.15, -0.1) is 0 Å². The number of carbonyl (C=O) groups excluding carboxylic acids is 2. The highest BCUT2D eigenvalue weighted by Gasteiger charge is 2.17. The SMILES string of the molecule is CCOC(=O)C(C)OC(=O)CN.Cc1cccc(C)c1N[C@@H](C)C(=O)O. The molecule has 0 aliphatic heterocycles. The Morgan fingerprint density at radius 2 is 1.73 bits per heavy atom. The number of esters is 2. The molecule has 8 heteroatoms. The summed E-state index contributed by atoms with van der Waals surface area (Å²) in [5.74, 6) is -2.01. The van der Waals surface area contributed by atoms with Crippen LogP contribution in [-0.4, -0.2) is 48.3 Å². The molecular formula is C18H28N2O6. The summed E-state index contributed by atoms with van der Waals surface area (Å²) in [5, 5.41) is 11.7. The lowest BCUT2D eigenvalue weighted by molar-refractivity contribution is -0.165. The number of carbonyl (C=O) groups is 3. The van der Waals surface area contributed by atoms with Crippen LogP contribution >= 0.6 is 0 Å². The van der Waals surface area contributed by atoms with Crippen molar-refractivity contribution in [1.29, 1.82) is 0 Å². The van der Waals surface area contributed by atoms with Crippen LogP contribution in [0.15, 0.2) is 18.2 Å². The molecular weight excluding hydrogens is 340 g/mol. The Morgan fingerprint density at radius 3 is 2.15 bits per heavy atom. The van der Waals surface area contributed by atoms with E-state index >= 15 is 0 Å². The molecule has 0 aliphatic rings. The van der Waals surface area contributed by atoms with E-state index in [-0.39, 0.29) is 13.2 Å². The van der Waals surface area contributed by atoms with E-state index in [1.54, 1.807) is 13.8 Å². The zero-order valence-corrected chi connectivity index (χ0v) is 15.9. The fourth-order valence-electron chi connectivity index (χ4n) is 1.87. The number of aliphatic carboxylic acids is 1. The molecule has 146 valence electrons. The Balaban J connectivity index is 0.000000488. The topological polar surface area (TPSA) is 128 Å². The van der Waals surface area contributed by atoms with Crippen molar-refractivity contribution >= 4 is 23.6 Å². The third-order valence-corrected chi connectivity index (χ3v) is 3.31. The number of para-hydroxylation sites is 1. The Kier molecular flexibility index (Phi) is 10.7. The number of ether oxygens (including phenoxy) is 2. The smallest absolute Gasteiger partial charge is 0.347 e. The Bertz CT molecular complexity index is 597. The minimum absolute atomic E-state index is 0.232. The molecule has 1 unspecified atom stereocenters. The third kappa shape index (κ3) is 8.48. The molecule has 1 rings (SSSR count). The summed E-state index contributed by atoms with van der Waals surface area (Å²) in [6, 6.07) is 5.32. The van der Waals surface area contributed by atoms with Gasteiger partial charge in [0.2, 0.25) is 0 Å². The maximum Gasteiger partial charge on any atom is 0.347 e. The van der Waals surface area contributed by atoms with Crippen LogP contribution in [0.2, 0.25) is 0 Å². The van der Waals surface area contributed by atoms with Crippen molar-refractivity contribution in [2.24, 2.45) is 5.73 Å². The molecule has 26 heavy (non-hydrogen) atoms. The molecule has 0 saturated heterocycles. The van der Waals surface area contributed by atoms with E-state index in [9.17, 15) is 14.4 Å². The maximum absolute atomic E-state index is 10.9. The number of benzene rings is 1. The van der Waals surface area contributed by atoms with Gasteiger partial charge in [-0.1, -0.05) is 18.2 Å². The van der Waals surface area contributed by atoms with Crippen LogP contribution in [-0.2, 0) is 23.9 Å². The van der Waals surface area contributed by atoms with E-state index in [4.69, 9.17) is 10.8 Å². The first-order valence-electron chi connectivity index (χ1n) is 8.25. The average molecular weight is 368 g/mol. The van der Waals surface area contributed by atoms with E-state index in [0.717, 1.165) is 16.8 Å². The van der Waals surface area contributed by atoms with Gasteiger partial charge in [0, 0.05) is 5.69 Å². The molecule has 0 spiro atoms. The predicted molar refractivity (Wildman–Crippen MR) is 97.9 cm³/mol. The highest BCUT2D eigenvalue weighted by atomic mass is 16.6. The first-order valence-corrected chi connectivity index (χ1v) is 8.25. The lowest BCUT2D eigenvalue weighted by atomic mass is 10.1. The number of aryl methyl sites for hydroxylation is 2. The average Bonchev–Trinajstić information content (AvgIpc) is 2.58. The Hall–Kier alpha value is -2.61. The van der Waals surface area contributed by atoms with Crippen LogP contribution in [0.5, 0.6) is 0 Å². The largest absolute Gasteiger partial charge is 0.480 e. The quantitative estimate of drug-likeness (QED) is 0.620. The molecule has 8 nitrogen and oxygen atoms in total. The summed E-state index contributed by atoms with van der Waals surface area (Å²) >= 11 is 0. The second kappa shape index (κ2) is 11.9. The summed E-state index contributed by atoms with van der Waals surface area (Å²) in [6.45, 7) is 8.70. The van der Waals surface area contributed by atoms with Crippen molar-refractivity contribution in [3.8, 4) is 0 Å². The van der Waals surface area contributed by atoms with Crippen LogP contribution in [0, 0.1) is 13.8 Å². The second-order valence-corrected chi connectivity index (χ2v) is 5.56. The number of rotatable bonds is 7. The highest BCUT2D eigenvalue weighted by Crippen LogP contribution is 2.20. The minimum atomic E-state index is -0.874. The van der Waals surface area contributed by atoms with E-state index in [0.29, 0.717) is 0 Å². The highest BCUT2D eigenvalue weighted by molar-refractivity contribution is 5.79.